The highest BCUT2D eigenvalue weighted by molar-refractivity contribution is 7.89. The van der Waals surface area contributed by atoms with Crippen LogP contribution < -0.4 is 0 Å². The third-order valence-corrected chi connectivity index (χ3v) is 7.76. The van der Waals surface area contributed by atoms with Gasteiger partial charge >= 0.3 is 0 Å². The molecule has 0 N–H and O–H groups in total. The van der Waals surface area contributed by atoms with Crippen molar-refractivity contribution in [1.82, 2.24) is 18.8 Å². The molecule has 1 aliphatic carbocycles. The van der Waals surface area contributed by atoms with Gasteiger partial charge in [0.25, 0.3) is 0 Å². The number of aryl methyl sites for hydroxylation is 3. The predicted molar refractivity (Wildman–Crippen MR) is 105 cm³/mol. The van der Waals surface area contributed by atoms with Gasteiger partial charge in [0.05, 0.1) is 4.90 Å². The van der Waals surface area contributed by atoms with E-state index in [2.05, 4.69) is 14.5 Å². The molecule has 0 radical (unpaired) electrons. The summed E-state index contributed by atoms with van der Waals surface area (Å²) in [5.74, 6) is 1.02. The Hall–Kier alpha value is -1.70. The first-order valence-electron chi connectivity index (χ1n) is 9.86. The Bertz CT molecular complexity index is 898. The molecule has 0 unspecified atom stereocenters. The van der Waals surface area contributed by atoms with Gasteiger partial charge in [-0.1, -0.05) is 6.07 Å². The van der Waals surface area contributed by atoms with Gasteiger partial charge in [0.15, 0.2) is 0 Å². The number of aromatic nitrogens is 2. The zero-order chi connectivity index (χ0) is 18.9. The summed E-state index contributed by atoms with van der Waals surface area (Å²) in [6.45, 7) is 6.48. The first-order chi connectivity index (χ1) is 13.0. The summed E-state index contributed by atoms with van der Waals surface area (Å²) in [5.41, 5.74) is 2.54. The van der Waals surface area contributed by atoms with E-state index in [1.165, 1.54) is 17.5 Å². The molecule has 0 amide bonds. The molecule has 2 aliphatic rings. The lowest BCUT2D eigenvalue weighted by molar-refractivity contribution is 0.182. The molecule has 2 aromatic rings. The van der Waals surface area contributed by atoms with Crippen LogP contribution in [0.25, 0.3) is 0 Å². The Morgan fingerprint density at radius 1 is 1.00 bits per heavy atom. The van der Waals surface area contributed by atoms with Crippen molar-refractivity contribution >= 4 is 10.0 Å². The van der Waals surface area contributed by atoms with Crippen molar-refractivity contribution in [1.29, 1.82) is 0 Å². The Morgan fingerprint density at radius 3 is 2.44 bits per heavy atom. The van der Waals surface area contributed by atoms with E-state index in [1.807, 2.05) is 31.5 Å². The van der Waals surface area contributed by atoms with Crippen molar-refractivity contribution in [2.45, 2.75) is 44.0 Å². The van der Waals surface area contributed by atoms with Gasteiger partial charge in [0.1, 0.15) is 5.82 Å². The molecule has 1 fully saturated rings. The van der Waals surface area contributed by atoms with E-state index in [9.17, 15) is 8.42 Å². The molecule has 7 heteroatoms. The van der Waals surface area contributed by atoms with Crippen LogP contribution in [0.5, 0.6) is 0 Å². The maximum Gasteiger partial charge on any atom is 0.243 e. The van der Waals surface area contributed by atoms with Gasteiger partial charge in [-0.25, -0.2) is 13.4 Å². The van der Waals surface area contributed by atoms with Crippen LogP contribution in [-0.4, -0.2) is 59.9 Å². The standard InChI is InChI=1S/C20H28N4O2S/c1-17-21-8-9-23(17)13-10-22-11-14-24(15-12-22)27(25,26)20-7-6-18-4-2-3-5-19(18)16-20/h6-9,16H,2-5,10-15H2,1H3. The Balaban J connectivity index is 1.37. The van der Waals surface area contributed by atoms with Gasteiger partial charge in [-0.15, -0.1) is 0 Å². The Morgan fingerprint density at radius 2 is 1.74 bits per heavy atom. The van der Waals surface area contributed by atoms with Crippen molar-refractivity contribution in [2.24, 2.45) is 0 Å². The third kappa shape index (κ3) is 3.95. The molecule has 2 heterocycles. The highest BCUT2D eigenvalue weighted by Gasteiger charge is 2.29. The van der Waals surface area contributed by atoms with E-state index in [0.29, 0.717) is 18.0 Å². The smallest absolute Gasteiger partial charge is 0.243 e. The number of benzene rings is 1. The highest BCUT2D eigenvalue weighted by Crippen LogP contribution is 2.26. The summed E-state index contributed by atoms with van der Waals surface area (Å²) in [5, 5.41) is 0. The fourth-order valence-electron chi connectivity index (χ4n) is 4.10. The number of imidazole rings is 1. The molecule has 27 heavy (non-hydrogen) atoms. The van der Waals surface area contributed by atoms with Crippen LogP contribution in [0, 0.1) is 6.92 Å². The van der Waals surface area contributed by atoms with E-state index in [1.54, 1.807) is 10.4 Å². The van der Waals surface area contributed by atoms with Crippen LogP contribution in [0.15, 0.2) is 35.5 Å². The molecular weight excluding hydrogens is 360 g/mol. The summed E-state index contributed by atoms with van der Waals surface area (Å²) in [7, 11) is -3.39. The number of hydrogen-bond acceptors (Lipinski definition) is 4. The monoisotopic (exact) mass is 388 g/mol. The number of hydrogen-bond donors (Lipinski definition) is 0. The lowest BCUT2D eigenvalue weighted by Crippen LogP contribution is -2.49. The van der Waals surface area contributed by atoms with Crippen LogP contribution in [-0.2, 0) is 29.4 Å². The molecule has 0 saturated carbocycles. The fourth-order valence-corrected chi connectivity index (χ4v) is 5.58. The van der Waals surface area contributed by atoms with E-state index in [4.69, 9.17) is 0 Å². The molecular formula is C20H28N4O2S. The molecule has 6 nitrogen and oxygen atoms in total. The molecule has 146 valence electrons. The zero-order valence-electron chi connectivity index (χ0n) is 16.0. The topological polar surface area (TPSA) is 58.4 Å². The maximum atomic E-state index is 13.1. The lowest BCUT2D eigenvalue weighted by atomic mass is 9.92. The van der Waals surface area contributed by atoms with E-state index < -0.39 is 10.0 Å². The minimum absolute atomic E-state index is 0.464. The zero-order valence-corrected chi connectivity index (χ0v) is 16.8. The quantitative estimate of drug-likeness (QED) is 0.787. The third-order valence-electron chi connectivity index (χ3n) is 5.87. The van der Waals surface area contributed by atoms with Crippen LogP contribution in [0.2, 0.25) is 0 Å². The lowest BCUT2D eigenvalue weighted by Gasteiger charge is -2.34. The molecule has 1 saturated heterocycles. The normalized spacial score (nSPS) is 19.1. The second kappa shape index (κ2) is 7.73. The molecule has 0 atom stereocenters. The number of piperazine rings is 1. The van der Waals surface area contributed by atoms with Gasteiger partial charge in [0.2, 0.25) is 10.0 Å². The summed E-state index contributed by atoms with van der Waals surface area (Å²) in [6.07, 6.45) is 8.25. The fraction of sp³-hybridized carbons (Fsp3) is 0.550. The Kier molecular flexibility index (Phi) is 5.34. The minimum Gasteiger partial charge on any atom is -0.334 e. The maximum absolute atomic E-state index is 13.1. The van der Waals surface area contributed by atoms with Crippen molar-refractivity contribution in [3.63, 3.8) is 0 Å². The Labute approximate surface area is 161 Å². The molecule has 0 spiro atoms. The first-order valence-corrected chi connectivity index (χ1v) is 11.3. The summed E-state index contributed by atoms with van der Waals surface area (Å²) < 4.78 is 29.9. The van der Waals surface area contributed by atoms with Gasteiger partial charge in [-0.3, -0.25) is 4.90 Å². The van der Waals surface area contributed by atoms with Gasteiger partial charge < -0.3 is 4.57 Å². The molecule has 1 aromatic heterocycles. The molecule has 1 aliphatic heterocycles. The predicted octanol–water partition coefficient (Wildman–Crippen LogP) is 2.08. The average Bonchev–Trinajstić information content (AvgIpc) is 3.11. The summed E-state index contributed by atoms with van der Waals surface area (Å²) in [6, 6.07) is 5.73. The van der Waals surface area contributed by atoms with Gasteiger partial charge in [0, 0.05) is 51.7 Å². The number of sulfonamides is 1. The van der Waals surface area contributed by atoms with Gasteiger partial charge in [-0.2, -0.15) is 4.31 Å². The summed E-state index contributed by atoms with van der Waals surface area (Å²) >= 11 is 0. The highest BCUT2D eigenvalue weighted by atomic mass is 32.2. The van der Waals surface area contributed by atoms with Crippen molar-refractivity contribution in [3.8, 4) is 0 Å². The second-order valence-electron chi connectivity index (χ2n) is 7.55. The molecule has 0 bridgehead atoms. The number of nitrogens with zero attached hydrogens (tertiary/aromatic N) is 4. The van der Waals surface area contributed by atoms with Gasteiger partial charge in [-0.05, 0) is 55.9 Å². The molecule has 4 rings (SSSR count). The number of fused-ring (bicyclic) bond motifs is 1. The van der Waals surface area contributed by atoms with E-state index >= 15 is 0 Å². The first kappa shape index (κ1) is 18.7. The van der Waals surface area contributed by atoms with Crippen LogP contribution in [0.4, 0.5) is 0 Å². The second-order valence-corrected chi connectivity index (χ2v) is 9.49. The largest absolute Gasteiger partial charge is 0.334 e. The van der Waals surface area contributed by atoms with E-state index in [0.717, 1.165) is 51.3 Å². The van der Waals surface area contributed by atoms with Crippen LogP contribution in [0.1, 0.15) is 29.8 Å². The van der Waals surface area contributed by atoms with Crippen LogP contribution in [0.3, 0.4) is 0 Å². The minimum atomic E-state index is -3.39. The SMILES string of the molecule is Cc1nccn1CCN1CCN(S(=O)(=O)c2ccc3c(c2)CCCC3)CC1. The number of rotatable bonds is 5. The average molecular weight is 389 g/mol. The summed E-state index contributed by atoms with van der Waals surface area (Å²) in [4.78, 5) is 7.04. The van der Waals surface area contributed by atoms with Crippen molar-refractivity contribution < 1.29 is 8.42 Å². The van der Waals surface area contributed by atoms with Crippen molar-refractivity contribution in [3.05, 3.63) is 47.5 Å². The van der Waals surface area contributed by atoms with Crippen LogP contribution >= 0.6 is 0 Å². The molecule has 1 aromatic carbocycles. The van der Waals surface area contributed by atoms with Crippen molar-refractivity contribution in [2.75, 3.05) is 32.7 Å². The van der Waals surface area contributed by atoms with E-state index in [-0.39, 0.29) is 0 Å².